The number of halogens is 2. The Bertz CT molecular complexity index is 685. The molecule has 1 atom stereocenters. The normalized spacial score (nSPS) is 15.0. The fourth-order valence-corrected chi connectivity index (χ4v) is 2.77. The van der Waals surface area contributed by atoms with Crippen molar-refractivity contribution in [2.45, 2.75) is 26.2 Å². The van der Waals surface area contributed by atoms with Crippen LogP contribution in [0.3, 0.4) is 0 Å². The lowest BCUT2D eigenvalue weighted by atomic mass is 9.94. The first-order chi connectivity index (χ1) is 10.1. The Hall–Kier alpha value is -1.78. The minimum Gasteiger partial charge on any atom is -0.372 e. The molecule has 0 radical (unpaired) electrons. The molecule has 0 aliphatic carbocycles. The smallest absolute Gasteiger partial charge is 0.131 e. The fraction of sp³-hybridized carbons (Fsp3) is 0.294. The first kappa shape index (κ1) is 14.2. The Kier molecular flexibility index (Phi) is 3.74. The summed E-state index contributed by atoms with van der Waals surface area (Å²) in [7, 11) is 1.77. The predicted octanol–water partition coefficient (Wildman–Crippen LogP) is 3.61. The van der Waals surface area contributed by atoms with Crippen molar-refractivity contribution in [1.29, 1.82) is 0 Å². The van der Waals surface area contributed by atoms with E-state index < -0.39 is 11.6 Å². The van der Waals surface area contributed by atoms with Crippen LogP contribution in [0.1, 0.15) is 33.9 Å². The molecule has 0 spiro atoms. The minimum absolute atomic E-state index is 0.310. The van der Waals surface area contributed by atoms with Gasteiger partial charge in [-0.25, -0.2) is 8.78 Å². The number of rotatable bonds is 3. The van der Waals surface area contributed by atoms with E-state index in [9.17, 15) is 8.78 Å². The molecule has 1 aliphatic heterocycles. The zero-order chi connectivity index (χ0) is 15.0. The number of nitrogens with one attached hydrogen (secondary N) is 1. The first-order valence-corrected chi connectivity index (χ1v) is 6.92. The Balaban J connectivity index is 2.04. The summed E-state index contributed by atoms with van der Waals surface area (Å²) < 4.78 is 33.0. The van der Waals surface area contributed by atoms with E-state index in [1.807, 2.05) is 18.2 Å². The number of hydrogen-bond donors (Lipinski definition) is 1. The Morgan fingerprint density at radius 2 is 1.81 bits per heavy atom. The van der Waals surface area contributed by atoms with E-state index in [0.717, 1.165) is 17.2 Å². The van der Waals surface area contributed by atoms with Crippen molar-refractivity contribution in [1.82, 2.24) is 5.32 Å². The van der Waals surface area contributed by atoms with Gasteiger partial charge in [0.15, 0.2) is 0 Å². The number of fused-ring (bicyclic) bond motifs is 1. The van der Waals surface area contributed by atoms with Crippen molar-refractivity contribution in [2.75, 3.05) is 7.05 Å². The van der Waals surface area contributed by atoms with Gasteiger partial charge in [-0.2, -0.15) is 0 Å². The molecule has 1 aliphatic rings. The second-order valence-corrected chi connectivity index (χ2v) is 5.37. The third kappa shape index (κ3) is 2.57. The van der Waals surface area contributed by atoms with Gasteiger partial charge in [-0.1, -0.05) is 18.2 Å². The molecule has 1 N–H and O–H groups in total. The van der Waals surface area contributed by atoms with Crippen LogP contribution in [0.4, 0.5) is 8.78 Å². The maximum absolute atomic E-state index is 14.1. The molecule has 0 fully saturated rings. The largest absolute Gasteiger partial charge is 0.372 e. The van der Waals surface area contributed by atoms with Gasteiger partial charge in [-0.05, 0) is 42.3 Å². The van der Waals surface area contributed by atoms with E-state index in [2.05, 4.69) is 5.32 Å². The average molecular weight is 289 g/mol. The minimum atomic E-state index is -0.533. The van der Waals surface area contributed by atoms with Gasteiger partial charge in [-0.15, -0.1) is 0 Å². The molecule has 2 aromatic rings. The van der Waals surface area contributed by atoms with Gasteiger partial charge >= 0.3 is 0 Å². The van der Waals surface area contributed by atoms with Gasteiger partial charge in [0, 0.05) is 11.6 Å². The SMILES string of the molecule is CNC(c1ccc2c(c1)COC2)c1cc(C)c(F)cc1F. The highest BCUT2D eigenvalue weighted by Gasteiger charge is 2.20. The van der Waals surface area contributed by atoms with Crippen molar-refractivity contribution in [2.24, 2.45) is 0 Å². The number of ether oxygens (including phenoxy) is 1. The Morgan fingerprint density at radius 1 is 1.05 bits per heavy atom. The van der Waals surface area contributed by atoms with Crippen molar-refractivity contribution in [3.8, 4) is 0 Å². The van der Waals surface area contributed by atoms with Crippen LogP contribution in [-0.4, -0.2) is 7.05 Å². The van der Waals surface area contributed by atoms with E-state index in [1.54, 1.807) is 20.0 Å². The average Bonchev–Trinajstić information content (AvgIpc) is 2.92. The highest BCUT2D eigenvalue weighted by Crippen LogP contribution is 2.29. The van der Waals surface area contributed by atoms with Crippen LogP contribution >= 0.6 is 0 Å². The molecule has 21 heavy (non-hydrogen) atoms. The summed E-state index contributed by atoms with van der Waals surface area (Å²) in [5.41, 5.74) is 4.15. The molecule has 2 aromatic carbocycles. The third-order valence-corrected chi connectivity index (χ3v) is 3.96. The van der Waals surface area contributed by atoms with Crippen molar-refractivity contribution in [3.63, 3.8) is 0 Å². The van der Waals surface area contributed by atoms with Crippen molar-refractivity contribution >= 4 is 0 Å². The summed E-state index contributed by atoms with van der Waals surface area (Å²) in [5.74, 6) is -1.05. The lowest BCUT2D eigenvalue weighted by molar-refractivity contribution is 0.134. The maximum atomic E-state index is 14.1. The van der Waals surface area contributed by atoms with Gasteiger partial charge in [0.05, 0.1) is 19.3 Å². The van der Waals surface area contributed by atoms with Gasteiger partial charge in [-0.3, -0.25) is 0 Å². The van der Waals surface area contributed by atoms with E-state index >= 15 is 0 Å². The molecule has 4 heteroatoms. The van der Waals surface area contributed by atoms with E-state index in [4.69, 9.17) is 4.74 Å². The molecule has 0 bridgehead atoms. The van der Waals surface area contributed by atoms with Crippen molar-refractivity contribution in [3.05, 3.63) is 69.8 Å². The van der Waals surface area contributed by atoms with E-state index in [1.165, 1.54) is 5.56 Å². The predicted molar refractivity (Wildman–Crippen MR) is 76.9 cm³/mol. The number of hydrogen-bond acceptors (Lipinski definition) is 2. The third-order valence-electron chi connectivity index (χ3n) is 3.96. The molecule has 0 amide bonds. The van der Waals surface area contributed by atoms with Crippen LogP contribution in [-0.2, 0) is 18.0 Å². The summed E-state index contributed by atoms with van der Waals surface area (Å²) in [5, 5.41) is 3.11. The number of aryl methyl sites for hydroxylation is 1. The van der Waals surface area contributed by atoms with Crippen molar-refractivity contribution < 1.29 is 13.5 Å². The summed E-state index contributed by atoms with van der Waals surface area (Å²) >= 11 is 0. The molecule has 110 valence electrons. The van der Waals surface area contributed by atoms with Gasteiger partial charge in [0.2, 0.25) is 0 Å². The van der Waals surface area contributed by atoms with Gasteiger partial charge < -0.3 is 10.1 Å². The van der Waals surface area contributed by atoms with Gasteiger partial charge in [0.1, 0.15) is 11.6 Å². The van der Waals surface area contributed by atoms with Gasteiger partial charge in [0.25, 0.3) is 0 Å². The highest BCUT2D eigenvalue weighted by molar-refractivity contribution is 5.40. The van der Waals surface area contributed by atoms with Crippen LogP contribution in [0.25, 0.3) is 0 Å². The maximum Gasteiger partial charge on any atom is 0.131 e. The standard InChI is InChI=1S/C17H17F2NO/c1-10-5-14(16(19)7-15(10)18)17(20-2)11-3-4-12-8-21-9-13(12)6-11/h3-7,17,20H,8-9H2,1-2H3. The highest BCUT2D eigenvalue weighted by atomic mass is 19.1. The fourth-order valence-electron chi connectivity index (χ4n) is 2.77. The lowest BCUT2D eigenvalue weighted by Gasteiger charge is -2.19. The zero-order valence-corrected chi connectivity index (χ0v) is 12.0. The molecular formula is C17H17F2NO. The van der Waals surface area contributed by atoms with Crippen LogP contribution in [0.15, 0.2) is 30.3 Å². The second-order valence-electron chi connectivity index (χ2n) is 5.37. The van der Waals surface area contributed by atoms with Crippen LogP contribution < -0.4 is 5.32 Å². The molecule has 1 unspecified atom stereocenters. The second kappa shape index (κ2) is 5.54. The van der Waals surface area contributed by atoms with Crippen LogP contribution in [0, 0.1) is 18.6 Å². The van der Waals surface area contributed by atoms with E-state index in [-0.39, 0.29) is 6.04 Å². The summed E-state index contributed by atoms with van der Waals surface area (Å²) in [6, 6.07) is 8.21. The Morgan fingerprint density at radius 3 is 2.57 bits per heavy atom. The zero-order valence-electron chi connectivity index (χ0n) is 12.0. The molecular weight excluding hydrogens is 272 g/mol. The molecule has 0 aromatic heterocycles. The van der Waals surface area contributed by atoms with Crippen LogP contribution in [0.5, 0.6) is 0 Å². The first-order valence-electron chi connectivity index (χ1n) is 6.92. The molecule has 0 saturated heterocycles. The van der Waals surface area contributed by atoms with E-state index in [0.29, 0.717) is 24.3 Å². The quantitative estimate of drug-likeness (QED) is 0.932. The molecule has 1 heterocycles. The Labute approximate surface area is 122 Å². The summed E-state index contributed by atoms with van der Waals surface area (Å²) in [4.78, 5) is 0. The molecule has 2 nitrogen and oxygen atoms in total. The monoisotopic (exact) mass is 289 g/mol. The topological polar surface area (TPSA) is 21.3 Å². The molecule has 0 saturated carbocycles. The lowest BCUT2D eigenvalue weighted by Crippen LogP contribution is -2.19. The number of benzene rings is 2. The summed E-state index contributed by atoms with van der Waals surface area (Å²) in [6.07, 6.45) is 0. The molecule has 3 rings (SSSR count). The summed E-state index contributed by atoms with van der Waals surface area (Å²) in [6.45, 7) is 2.86. The van der Waals surface area contributed by atoms with Crippen LogP contribution in [0.2, 0.25) is 0 Å².